The predicted octanol–water partition coefficient (Wildman–Crippen LogP) is 4.21. The van der Waals surface area contributed by atoms with E-state index in [4.69, 9.17) is 5.41 Å². The lowest BCUT2D eigenvalue weighted by atomic mass is 9.86. The molecule has 0 spiro atoms. The molecule has 0 bridgehead atoms. The molecule has 0 aliphatic carbocycles. The molecule has 0 amide bonds. The molecular formula is C13H23N. The molecule has 0 saturated carbocycles. The first kappa shape index (κ1) is 13.2. The summed E-state index contributed by atoms with van der Waals surface area (Å²) in [5.41, 5.74) is 1.99. The van der Waals surface area contributed by atoms with Crippen LogP contribution in [0.1, 0.15) is 40.5 Å². The number of hydrogen-bond acceptors (Lipinski definition) is 1. The predicted molar refractivity (Wildman–Crippen MR) is 64.9 cm³/mol. The molecular weight excluding hydrogens is 170 g/mol. The highest BCUT2D eigenvalue weighted by atomic mass is 14.4. The Labute approximate surface area is 88.4 Å². The maximum Gasteiger partial charge on any atom is 0.00960 e. The summed E-state index contributed by atoms with van der Waals surface area (Å²) in [5, 5.41) is 7.38. The van der Waals surface area contributed by atoms with Crippen LogP contribution in [0, 0.1) is 17.2 Å². The van der Waals surface area contributed by atoms with Crippen LogP contribution in [0.2, 0.25) is 0 Å². The Morgan fingerprint density at radius 1 is 1.43 bits per heavy atom. The third kappa shape index (κ3) is 4.40. The van der Waals surface area contributed by atoms with Gasteiger partial charge >= 0.3 is 0 Å². The monoisotopic (exact) mass is 193 g/mol. The minimum Gasteiger partial charge on any atom is -0.310 e. The number of hydrogen-bond donors (Lipinski definition) is 1. The first-order chi connectivity index (χ1) is 6.52. The van der Waals surface area contributed by atoms with Crippen molar-refractivity contribution < 1.29 is 0 Å². The van der Waals surface area contributed by atoms with Crippen LogP contribution >= 0.6 is 0 Å². The highest BCUT2D eigenvalue weighted by Crippen LogP contribution is 2.23. The van der Waals surface area contributed by atoms with E-state index in [9.17, 15) is 0 Å². The van der Waals surface area contributed by atoms with Gasteiger partial charge in [-0.2, -0.15) is 0 Å². The van der Waals surface area contributed by atoms with Gasteiger partial charge in [0.15, 0.2) is 0 Å². The summed E-state index contributed by atoms with van der Waals surface area (Å²) < 4.78 is 0. The van der Waals surface area contributed by atoms with Gasteiger partial charge in [0.1, 0.15) is 0 Å². The number of rotatable bonds is 6. The lowest BCUT2D eigenvalue weighted by Gasteiger charge is -2.19. The first-order valence-electron chi connectivity index (χ1n) is 5.39. The molecule has 1 nitrogen and oxygen atoms in total. The smallest absolute Gasteiger partial charge is 0.00960 e. The largest absolute Gasteiger partial charge is 0.310 e. The Hall–Kier alpha value is -0.850. The van der Waals surface area contributed by atoms with Gasteiger partial charge < -0.3 is 5.41 Å². The summed E-state index contributed by atoms with van der Waals surface area (Å²) in [6.45, 7) is 12.4. The van der Waals surface area contributed by atoms with Crippen molar-refractivity contribution in [2.24, 2.45) is 11.8 Å². The van der Waals surface area contributed by atoms with Gasteiger partial charge in [0, 0.05) is 12.1 Å². The zero-order chi connectivity index (χ0) is 11.1. The highest BCUT2D eigenvalue weighted by Gasteiger charge is 2.12. The van der Waals surface area contributed by atoms with Crippen LogP contribution in [0.25, 0.3) is 0 Å². The molecule has 0 aliphatic heterocycles. The Morgan fingerprint density at radius 2 is 2.00 bits per heavy atom. The fraction of sp³-hybridized carbons (Fsp3) is 0.615. The van der Waals surface area contributed by atoms with Crippen molar-refractivity contribution >= 4 is 5.71 Å². The molecule has 0 heterocycles. The Kier molecular flexibility index (Phi) is 6.18. The van der Waals surface area contributed by atoms with Crippen molar-refractivity contribution in [2.75, 3.05) is 0 Å². The van der Waals surface area contributed by atoms with Crippen LogP contribution in [0.5, 0.6) is 0 Å². The molecule has 0 aliphatic rings. The van der Waals surface area contributed by atoms with Crippen molar-refractivity contribution in [2.45, 2.75) is 40.5 Å². The number of nitrogens with one attached hydrogen (secondary N) is 1. The van der Waals surface area contributed by atoms with Crippen LogP contribution in [0.3, 0.4) is 0 Å². The van der Waals surface area contributed by atoms with Crippen molar-refractivity contribution in [3.63, 3.8) is 0 Å². The van der Waals surface area contributed by atoms with Gasteiger partial charge in [-0.1, -0.05) is 45.9 Å². The lowest BCUT2D eigenvalue weighted by molar-refractivity contribution is 0.433. The van der Waals surface area contributed by atoms with Crippen LogP contribution in [-0.2, 0) is 0 Å². The first-order valence-corrected chi connectivity index (χ1v) is 5.39. The minimum atomic E-state index is 0.553. The van der Waals surface area contributed by atoms with Gasteiger partial charge in [-0.15, -0.1) is 0 Å². The second-order valence-corrected chi connectivity index (χ2v) is 4.07. The minimum absolute atomic E-state index is 0.553. The van der Waals surface area contributed by atoms with Crippen LogP contribution in [0.4, 0.5) is 0 Å². The fourth-order valence-corrected chi connectivity index (χ4v) is 1.41. The summed E-state index contributed by atoms with van der Waals surface area (Å²) in [6.07, 6.45) is 6.00. The summed E-state index contributed by atoms with van der Waals surface area (Å²) in [6, 6.07) is 0. The SMILES string of the molecule is C=CC(=CCC(C)=N)C(C)C(C)CC. The zero-order valence-electron chi connectivity index (χ0n) is 9.93. The zero-order valence-corrected chi connectivity index (χ0v) is 9.93. The van der Waals surface area contributed by atoms with E-state index in [0.717, 1.165) is 6.42 Å². The van der Waals surface area contributed by atoms with Crippen molar-refractivity contribution in [1.82, 2.24) is 0 Å². The Morgan fingerprint density at radius 3 is 2.36 bits per heavy atom. The van der Waals surface area contributed by atoms with Crippen molar-refractivity contribution in [3.05, 3.63) is 24.3 Å². The molecule has 0 aromatic carbocycles. The summed E-state index contributed by atoms with van der Waals surface area (Å²) >= 11 is 0. The van der Waals surface area contributed by atoms with E-state index in [-0.39, 0.29) is 0 Å². The molecule has 2 unspecified atom stereocenters. The Balaban J connectivity index is 4.46. The third-order valence-corrected chi connectivity index (χ3v) is 2.90. The molecule has 14 heavy (non-hydrogen) atoms. The topological polar surface area (TPSA) is 23.9 Å². The molecule has 2 atom stereocenters. The molecule has 0 rings (SSSR count). The maximum atomic E-state index is 7.38. The maximum absolute atomic E-state index is 7.38. The molecule has 1 N–H and O–H groups in total. The quantitative estimate of drug-likeness (QED) is 0.482. The van der Waals surface area contributed by atoms with E-state index in [0.29, 0.717) is 17.5 Å². The summed E-state index contributed by atoms with van der Waals surface area (Å²) in [7, 11) is 0. The normalized spacial score (nSPS) is 16.1. The van der Waals surface area contributed by atoms with E-state index in [1.807, 2.05) is 13.0 Å². The van der Waals surface area contributed by atoms with Crippen molar-refractivity contribution in [1.29, 1.82) is 5.41 Å². The molecule has 80 valence electrons. The summed E-state index contributed by atoms with van der Waals surface area (Å²) in [5.74, 6) is 1.24. The van der Waals surface area contributed by atoms with E-state index in [2.05, 4.69) is 33.4 Å². The van der Waals surface area contributed by atoms with Crippen LogP contribution in [-0.4, -0.2) is 5.71 Å². The van der Waals surface area contributed by atoms with Gasteiger partial charge in [-0.05, 0) is 24.3 Å². The molecule has 0 fully saturated rings. The highest BCUT2D eigenvalue weighted by molar-refractivity contribution is 5.80. The van der Waals surface area contributed by atoms with Gasteiger partial charge in [0.05, 0.1) is 0 Å². The van der Waals surface area contributed by atoms with E-state index >= 15 is 0 Å². The molecule has 1 heteroatoms. The molecule has 0 aromatic rings. The second kappa shape index (κ2) is 6.58. The third-order valence-electron chi connectivity index (χ3n) is 2.90. The van der Waals surface area contributed by atoms with Gasteiger partial charge in [0.2, 0.25) is 0 Å². The van der Waals surface area contributed by atoms with Gasteiger partial charge in [-0.3, -0.25) is 0 Å². The fourth-order valence-electron chi connectivity index (χ4n) is 1.41. The van der Waals surface area contributed by atoms with E-state index in [1.54, 1.807) is 0 Å². The summed E-state index contributed by atoms with van der Waals surface area (Å²) in [4.78, 5) is 0. The standard InChI is InChI=1S/C13H23N/c1-6-10(3)12(5)13(7-2)9-8-11(4)14/h7,9-10,12,14H,2,6,8H2,1,3-5H3. The lowest BCUT2D eigenvalue weighted by Crippen LogP contribution is -2.08. The number of allylic oxidation sites excluding steroid dienone is 3. The molecule has 0 radical (unpaired) electrons. The Bertz CT molecular complexity index is 225. The average Bonchev–Trinajstić information content (AvgIpc) is 2.16. The van der Waals surface area contributed by atoms with E-state index < -0.39 is 0 Å². The second-order valence-electron chi connectivity index (χ2n) is 4.07. The average molecular weight is 193 g/mol. The molecule has 0 aromatic heterocycles. The van der Waals surface area contributed by atoms with Crippen LogP contribution < -0.4 is 0 Å². The van der Waals surface area contributed by atoms with Crippen LogP contribution in [0.15, 0.2) is 24.3 Å². The van der Waals surface area contributed by atoms with E-state index in [1.165, 1.54) is 12.0 Å². The van der Waals surface area contributed by atoms with Gasteiger partial charge in [0.25, 0.3) is 0 Å². The molecule has 0 saturated heterocycles. The van der Waals surface area contributed by atoms with Gasteiger partial charge in [-0.25, -0.2) is 0 Å². The van der Waals surface area contributed by atoms with Crippen molar-refractivity contribution in [3.8, 4) is 0 Å².